The van der Waals surface area contributed by atoms with Crippen LogP contribution in [0.3, 0.4) is 0 Å². The molecule has 0 amide bonds. The van der Waals surface area contributed by atoms with E-state index in [1.165, 1.54) is 6.07 Å². The van der Waals surface area contributed by atoms with E-state index in [4.69, 9.17) is 29.9 Å². The molecule has 0 N–H and O–H groups in total. The van der Waals surface area contributed by atoms with Crippen molar-refractivity contribution in [3.05, 3.63) is 278 Å². The van der Waals surface area contributed by atoms with Crippen LogP contribution in [0.25, 0.3) is 146 Å². The molecular formula is C75H43F6N9. The Morgan fingerprint density at radius 1 is 0.300 bits per heavy atom. The van der Waals surface area contributed by atoms with Crippen LogP contribution in [-0.4, -0.2) is 39.0 Å². The lowest BCUT2D eigenvalue weighted by Gasteiger charge is -2.22. The van der Waals surface area contributed by atoms with E-state index in [1.807, 2.05) is 221 Å². The molecule has 4 heterocycles. The predicted octanol–water partition coefficient (Wildman–Crippen LogP) is 19.5. The molecule has 15 rings (SSSR count). The van der Waals surface area contributed by atoms with E-state index in [2.05, 4.69) is 6.07 Å². The van der Waals surface area contributed by atoms with Crippen LogP contribution < -0.4 is 0 Å². The Hall–Kier alpha value is -11.9. The van der Waals surface area contributed by atoms with Crippen molar-refractivity contribution >= 4 is 43.6 Å². The minimum Gasteiger partial charge on any atom is -0.309 e. The molecule has 9 nitrogen and oxygen atoms in total. The van der Waals surface area contributed by atoms with Gasteiger partial charge in [-0.3, -0.25) is 0 Å². The molecule has 0 aliphatic carbocycles. The highest BCUT2D eigenvalue weighted by atomic mass is 19.4. The summed E-state index contributed by atoms with van der Waals surface area (Å²) < 4.78 is 92.8. The van der Waals surface area contributed by atoms with Crippen LogP contribution in [-0.2, 0) is 12.4 Å². The summed E-state index contributed by atoms with van der Waals surface area (Å²) in [6.45, 7) is 0. The van der Waals surface area contributed by atoms with Crippen molar-refractivity contribution in [1.29, 1.82) is 5.26 Å². The van der Waals surface area contributed by atoms with Gasteiger partial charge in [0, 0.05) is 66.1 Å². The standard InChI is InChI=1S/C75H43F6N9/c76-74(77,78)53-35-36-54(60(43-53)75(79,80)81)49-32-37-65(89-61-29-15-13-27-55(61)57-41-50(33-38-63(57)89)72-85-68(45-18-5-1-6-19-45)83-69(86-72)46-20-7-2-8-21-46)59(40-49)67-52(44-82)26-17-31-66(67)90-62-30-16-14-28-56(62)58-42-51(34-39-64(58)90)73-87-70(47-22-9-3-10-23-47)84-71(88-73)48-24-11-4-12-25-48/h1-43H. The molecule has 15 aromatic rings. The van der Waals surface area contributed by atoms with Gasteiger partial charge in [0.1, 0.15) is 0 Å². The number of hydrogen-bond donors (Lipinski definition) is 0. The van der Waals surface area contributed by atoms with Crippen LogP contribution in [0, 0.1) is 11.3 Å². The first-order chi connectivity index (χ1) is 43.8. The zero-order chi connectivity index (χ0) is 61.3. The van der Waals surface area contributed by atoms with Crippen LogP contribution in [0.1, 0.15) is 16.7 Å². The third kappa shape index (κ3) is 9.73. The van der Waals surface area contributed by atoms with Crippen LogP contribution in [0.2, 0.25) is 0 Å². The van der Waals surface area contributed by atoms with E-state index in [0.29, 0.717) is 91.2 Å². The highest BCUT2D eigenvalue weighted by Gasteiger charge is 2.39. The monoisotopic (exact) mass is 1180 g/mol. The highest BCUT2D eigenvalue weighted by Crippen LogP contribution is 2.47. The van der Waals surface area contributed by atoms with Gasteiger partial charge in [-0.25, -0.2) is 29.9 Å². The molecule has 11 aromatic carbocycles. The molecule has 0 bridgehead atoms. The van der Waals surface area contributed by atoms with E-state index in [-0.39, 0.29) is 17.2 Å². The van der Waals surface area contributed by atoms with Gasteiger partial charge in [0.05, 0.1) is 56.2 Å². The lowest BCUT2D eigenvalue weighted by molar-refractivity contribution is -0.142. The van der Waals surface area contributed by atoms with Crippen LogP contribution in [0.15, 0.2) is 261 Å². The van der Waals surface area contributed by atoms with Crippen molar-refractivity contribution < 1.29 is 26.3 Å². The van der Waals surface area contributed by atoms with Crippen molar-refractivity contribution in [1.82, 2.24) is 39.0 Å². The third-order valence-corrected chi connectivity index (χ3v) is 16.1. The lowest BCUT2D eigenvalue weighted by atomic mass is 9.90. The topological polar surface area (TPSA) is 111 Å². The normalized spacial score (nSPS) is 11.9. The number of alkyl halides is 6. The van der Waals surface area contributed by atoms with Gasteiger partial charge in [0.2, 0.25) is 0 Å². The van der Waals surface area contributed by atoms with Gasteiger partial charge < -0.3 is 9.13 Å². The summed E-state index contributed by atoms with van der Waals surface area (Å²) in [6.07, 6.45) is -10.3. The first kappa shape index (κ1) is 54.7. The van der Waals surface area contributed by atoms with Gasteiger partial charge in [0.25, 0.3) is 0 Å². The molecule has 90 heavy (non-hydrogen) atoms. The summed E-state index contributed by atoms with van der Waals surface area (Å²) in [7, 11) is 0. The van der Waals surface area contributed by atoms with Crippen molar-refractivity contribution in [2.75, 3.05) is 0 Å². The second kappa shape index (κ2) is 21.8. The predicted molar refractivity (Wildman–Crippen MR) is 340 cm³/mol. The van der Waals surface area contributed by atoms with Crippen molar-refractivity contribution in [3.8, 4) is 108 Å². The molecule has 0 spiro atoms. The number of hydrogen-bond acceptors (Lipinski definition) is 7. The second-order valence-electron chi connectivity index (χ2n) is 21.5. The maximum atomic E-state index is 15.3. The van der Waals surface area contributed by atoms with Crippen molar-refractivity contribution in [3.63, 3.8) is 0 Å². The fourth-order valence-corrected chi connectivity index (χ4v) is 12.0. The minimum absolute atomic E-state index is 0.0382. The highest BCUT2D eigenvalue weighted by molar-refractivity contribution is 6.13. The summed E-state index contributed by atoms with van der Waals surface area (Å²) in [5, 5.41) is 14.6. The molecule has 15 heteroatoms. The van der Waals surface area contributed by atoms with Crippen LogP contribution >= 0.6 is 0 Å². The van der Waals surface area contributed by atoms with Gasteiger partial charge in [-0.2, -0.15) is 31.6 Å². The number of halogens is 6. The largest absolute Gasteiger partial charge is 0.417 e. The van der Waals surface area contributed by atoms with Crippen molar-refractivity contribution in [2.45, 2.75) is 12.4 Å². The van der Waals surface area contributed by atoms with E-state index in [9.17, 15) is 18.4 Å². The SMILES string of the molecule is N#Cc1cccc(-n2c3ccccc3c3cc(-c4nc(-c5ccccc5)nc(-c5ccccc5)n4)ccc32)c1-c1cc(-c2ccc(C(F)(F)F)cc2C(F)(F)F)ccc1-n1c2ccccc2c2cc(-c3nc(-c4ccccc4)nc(-c4ccccc4)n3)ccc21. The van der Waals surface area contributed by atoms with Gasteiger partial charge >= 0.3 is 12.4 Å². The third-order valence-electron chi connectivity index (χ3n) is 16.1. The summed E-state index contributed by atoms with van der Waals surface area (Å²) in [4.78, 5) is 29.9. The van der Waals surface area contributed by atoms with E-state index in [1.54, 1.807) is 24.3 Å². The fourth-order valence-electron chi connectivity index (χ4n) is 12.0. The fraction of sp³-hybridized carbons (Fsp3) is 0.0267. The molecule has 0 fully saturated rings. The first-order valence-corrected chi connectivity index (χ1v) is 28.6. The average Bonchev–Trinajstić information content (AvgIpc) is 1.48. The Kier molecular flexibility index (Phi) is 13.3. The smallest absolute Gasteiger partial charge is 0.309 e. The Bertz CT molecular complexity index is 5230. The summed E-state index contributed by atoms with van der Waals surface area (Å²) in [6, 6.07) is 79.8. The number of para-hydroxylation sites is 2. The lowest BCUT2D eigenvalue weighted by Crippen LogP contribution is -2.12. The number of benzene rings is 11. The second-order valence-corrected chi connectivity index (χ2v) is 21.5. The molecule has 0 radical (unpaired) electrons. The number of aromatic nitrogens is 8. The van der Waals surface area contributed by atoms with E-state index >= 15 is 13.2 Å². The maximum Gasteiger partial charge on any atom is 0.417 e. The minimum atomic E-state index is -5.20. The summed E-state index contributed by atoms with van der Waals surface area (Å²) >= 11 is 0. The zero-order valence-electron chi connectivity index (χ0n) is 47.1. The van der Waals surface area contributed by atoms with Crippen LogP contribution in [0.4, 0.5) is 26.3 Å². The molecule has 0 saturated carbocycles. The average molecular weight is 1180 g/mol. The Balaban J connectivity index is 0.971. The van der Waals surface area contributed by atoms with Crippen LogP contribution in [0.5, 0.6) is 0 Å². The Morgan fingerprint density at radius 2 is 0.700 bits per heavy atom. The molecule has 0 atom stereocenters. The summed E-state index contributed by atoms with van der Waals surface area (Å²) in [5.74, 6) is 2.76. The van der Waals surface area contributed by atoms with E-state index in [0.717, 1.165) is 55.4 Å². The number of rotatable bonds is 10. The molecule has 4 aromatic heterocycles. The molecule has 0 aliphatic heterocycles. The zero-order valence-corrected chi connectivity index (χ0v) is 47.1. The first-order valence-electron chi connectivity index (χ1n) is 28.6. The number of fused-ring (bicyclic) bond motifs is 6. The Morgan fingerprint density at radius 3 is 1.13 bits per heavy atom. The molecule has 0 saturated heterocycles. The number of nitrogens with zero attached hydrogens (tertiary/aromatic N) is 9. The quantitative estimate of drug-likeness (QED) is 0.125. The molecular weight excluding hydrogens is 1140 g/mol. The number of nitriles is 1. The van der Waals surface area contributed by atoms with Crippen molar-refractivity contribution in [2.24, 2.45) is 0 Å². The van der Waals surface area contributed by atoms with Gasteiger partial charge in [0.15, 0.2) is 34.9 Å². The molecule has 430 valence electrons. The van der Waals surface area contributed by atoms with Gasteiger partial charge in [-0.15, -0.1) is 0 Å². The Labute approximate surface area is 509 Å². The van der Waals surface area contributed by atoms with E-state index < -0.39 is 29.0 Å². The van der Waals surface area contributed by atoms with Gasteiger partial charge in [-0.1, -0.05) is 176 Å². The molecule has 0 unspecified atom stereocenters. The molecule has 0 aliphatic rings. The summed E-state index contributed by atoms with van der Waals surface area (Å²) in [5.41, 5.74) is 5.75. The maximum absolute atomic E-state index is 15.3. The van der Waals surface area contributed by atoms with Gasteiger partial charge in [-0.05, 0) is 96.1 Å².